The SMILES string of the molecule is O=C(CCCCN1C(=O)c2ccccc2C1=O)Nc1ccccc1C(=O)O. The fourth-order valence-corrected chi connectivity index (χ4v) is 2.99. The summed E-state index contributed by atoms with van der Waals surface area (Å²) in [6.45, 7) is 0.241. The lowest BCUT2D eigenvalue weighted by atomic mass is 10.1. The standard InChI is InChI=1S/C20H18N2O5/c23-17(21-16-10-4-3-9-15(16)20(26)27)11-5-6-12-22-18(24)13-7-1-2-8-14(13)19(22)25/h1-4,7-10H,5-6,11-12H2,(H,21,23)(H,26,27). The van der Waals surface area contributed by atoms with Gasteiger partial charge in [-0.05, 0) is 37.1 Å². The molecule has 0 aliphatic carbocycles. The summed E-state index contributed by atoms with van der Waals surface area (Å²) in [6, 6.07) is 12.9. The summed E-state index contributed by atoms with van der Waals surface area (Å²) in [5, 5.41) is 11.7. The summed E-state index contributed by atoms with van der Waals surface area (Å²) in [7, 11) is 0. The Morgan fingerprint density at radius 2 is 1.48 bits per heavy atom. The summed E-state index contributed by atoms with van der Waals surface area (Å²) in [5.41, 5.74) is 1.09. The summed E-state index contributed by atoms with van der Waals surface area (Å²) in [4.78, 5) is 48.9. The zero-order valence-corrected chi connectivity index (χ0v) is 14.5. The average Bonchev–Trinajstić information content (AvgIpc) is 2.90. The number of hydrogen-bond acceptors (Lipinski definition) is 4. The fraction of sp³-hybridized carbons (Fsp3) is 0.200. The molecule has 3 amide bonds. The molecule has 1 aliphatic rings. The summed E-state index contributed by atoms with van der Waals surface area (Å²) < 4.78 is 0. The van der Waals surface area contributed by atoms with Crippen LogP contribution in [-0.2, 0) is 4.79 Å². The van der Waals surface area contributed by atoms with Crippen molar-refractivity contribution in [3.8, 4) is 0 Å². The number of nitrogens with one attached hydrogen (secondary N) is 1. The predicted molar refractivity (Wildman–Crippen MR) is 97.7 cm³/mol. The van der Waals surface area contributed by atoms with Crippen molar-refractivity contribution in [2.45, 2.75) is 19.3 Å². The number of carbonyl (C=O) groups excluding carboxylic acids is 3. The van der Waals surface area contributed by atoms with E-state index >= 15 is 0 Å². The second kappa shape index (κ2) is 7.82. The molecule has 0 fully saturated rings. The topological polar surface area (TPSA) is 104 Å². The van der Waals surface area contributed by atoms with Crippen molar-refractivity contribution in [2.75, 3.05) is 11.9 Å². The van der Waals surface area contributed by atoms with Gasteiger partial charge in [0, 0.05) is 13.0 Å². The van der Waals surface area contributed by atoms with Gasteiger partial charge in [0.2, 0.25) is 5.91 Å². The Morgan fingerprint density at radius 3 is 2.11 bits per heavy atom. The van der Waals surface area contributed by atoms with Gasteiger partial charge in [-0.2, -0.15) is 0 Å². The number of carboxylic acids is 1. The highest BCUT2D eigenvalue weighted by Gasteiger charge is 2.34. The monoisotopic (exact) mass is 366 g/mol. The van der Waals surface area contributed by atoms with Crippen LogP contribution in [-0.4, -0.2) is 40.2 Å². The number of rotatable bonds is 7. The van der Waals surface area contributed by atoms with Crippen LogP contribution in [0.5, 0.6) is 0 Å². The Bertz CT molecular complexity index is 887. The minimum atomic E-state index is -1.11. The zero-order chi connectivity index (χ0) is 19.4. The quantitative estimate of drug-likeness (QED) is 0.579. The first-order chi connectivity index (χ1) is 13.0. The molecule has 0 atom stereocenters. The molecule has 7 nitrogen and oxygen atoms in total. The van der Waals surface area contributed by atoms with Crippen molar-refractivity contribution < 1.29 is 24.3 Å². The molecule has 2 aromatic carbocycles. The molecule has 0 bridgehead atoms. The number of unbranched alkanes of at least 4 members (excludes halogenated alkanes) is 1. The van der Waals surface area contributed by atoms with E-state index in [2.05, 4.69) is 5.32 Å². The number of amides is 3. The van der Waals surface area contributed by atoms with E-state index in [0.29, 0.717) is 24.0 Å². The van der Waals surface area contributed by atoms with E-state index in [0.717, 1.165) is 0 Å². The van der Waals surface area contributed by atoms with Crippen LogP contribution in [0.1, 0.15) is 50.3 Å². The van der Waals surface area contributed by atoms with Crippen molar-refractivity contribution in [3.63, 3.8) is 0 Å². The number of hydrogen-bond donors (Lipinski definition) is 2. The van der Waals surface area contributed by atoms with E-state index in [9.17, 15) is 19.2 Å². The molecule has 0 spiro atoms. The summed E-state index contributed by atoms with van der Waals surface area (Å²) in [6.07, 6.45) is 1.12. The van der Waals surface area contributed by atoms with Crippen LogP contribution in [0.4, 0.5) is 5.69 Å². The Kier molecular flexibility index (Phi) is 5.30. The smallest absolute Gasteiger partial charge is 0.337 e. The highest BCUT2D eigenvalue weighted by atomic mass is 16.4. The third kappa shape index (κ3) is 3.87. The van der Waals surface area contributed by atoms with E-state index in [1.165, 1.54) is 17.0 Å². The van der Waals surface area contributed by atoms with E-state index < -0.39 is 5.97 Å². The van der Waals surface area contributed by atoms with Crippen molar-refractivity contribution >= 4 is 29.4 Å². The lowest BCUT2D eigenvalue weighted by Gasteiger charge is -2.13. The summed E-state index contributed by atoms with van der Waals surface area (Å²) in [5.74, 6) is -2.05. The first-order valence-electron chi connectivity index (χ1n) is 8.56. The number of para-hydroxylation sites is 1. The second-order valence-corrected chi connectivity index (χ2v) is 6.16. The molecule has 2 aromatic rings. The number of carbonyl (C=O) groups is 4. The highest BCUT2D eigenvalue weighted by molar-refractivity contribution is 6.21. The van der Waals surface area contributed by atoms with Gasteiger partial charge in [0.05, 0.1) is 22.4 Å². The maximum atomic E-state index is 12.2. The van der Waals surface area contributed by atoms with Crippen LogP contribution < -0.4 is 5.32 Å². The highest BCUT2D eigenvalue weighted by Crippen LogP contribution is 2.23. The lowest BCUT2D eigenvalue weighted by Crippen LogP contribution is -2.30. The number of imide groups is 1. The van der Waals surface area contributed by atoms with Crippen LogP contribution in [0, 0.1) is 0 Å². The minimum Gasteiger partial charge on any atom is -0.478 e. The average molecular weight is 366 g/mol. The van der Waals surface area contributed by atoms with Gasteiger partial charge in [0.25, 0.3) is 11.8 Å². The molecule has 0 unspecified atom stereocenters. The van der Waals surface area contributed by atoms with Gasteiger partial charge in [-0.1, -0.05) is 24.3 Å². The molecule has 1 heterocycles. The van der Waals surface area contributed by atoms with Gasteiger partial charge in [0.1, 0.15) is 0 Å². The first kappa shape index (κ1) is 18.3. The van der Waals surface area contributed by atoms with Gasteiger partial charge in [-0.3, -0.25) is 19.3 Å². The number of nitrogens with zero attached hydrogens (tertiary/aromatic N) is 1. The molecule has 138 valence electrons. The Morgan fingerprint density at radius 1 is 0.889 bits per heavy atom. The Hall–Kier alpha value is -3.48. The van der Waals surface area contributed by atoms with Crippen LogP contribution in [0.2, 0.25) is 0 Å². The maximum absolute atomic E-state index is 12.2. The van der Waals surface area contributed by atoms with Crippen LogP contribution >= 0.6 is 0 Å². The number of anilines is 1. The molecule has 0 saturated heterocycles. The first-order valence-corrected chi connectivity index (χ1v) is 8.56. The van der Waals surface area contributed by atoms with E-state index in [-0.39, 0.29) is 41.9 Å². The molecular formula is C20H18N2O5. The number of benzene rings is 2. The predicted octanol–water partition coefficient (Wildman–Crippen LogP) is 2.79. The molecule has 27 heavy (non-hydrogen) atoms. The Balaban J connectivity index is 1.49. The van der Waals surface area contributed by atoms with E-state index in [1.54, 1.807) is 36.4 Å². The third-order valence-electron chi connectivity index (χ3n) is 4.35. The molecule has 1 aliphatic heterocycles. The normalized spacial score (nSPS) is 12.8. The molecule has 2 N–H and O–H groups in total. The van der Waals surface area contributed by atoms with Crippen molar-refractivity contribution in [2.24, 2.45) is 0 Å². The minimum absolute atomic E-state index is 0.0249. The van der Waals surface area contributed by atoms with Gasteiger partial charge < -0.3 is 10.4 Å². The van der Waals surface area contributed by atoms with Gasteiger partial charge >= 0.3 is 5.97 Å². The van der Waals surface area contributed by atoms with Crippen molar-refractivity contribution in [1.29, 1.82) is 0 Å². The van der Waals surface area contributed by atoms with Gasteiger partial charge in [0.15, 0.2) is 0 Å². The zero-order valence-electron chi connectivity index (χ0n) is 14.5. The van der Waals surface area contributed by atoms with Gasteiger partial charge in [-0.25, -0.2) is 4.79 Å². The second-order valence-electron chi connectivity index (χ2n) is 6.16. The summed E-state index contributed by atoms with van der Waals surface area (Å²) >= 11 is 0. The van der Waals surface area contributed by atoms with Gasteiger partial charge in [-0.15, -0.1) is 0 Å². The maximum Gasteiger partial charge on any atom is 0.337 e. The number of carboxylic acid groups (broad SMARTS) is 1. The van der Waals surface area contributed by atoms with Crippen LogP contribution in [0.3, 0.4) is 0 Å². The van der Waals surface area contributed by atoms with E-state index in [4.69, 9.17) is 5.11 Å². The lowest BCUT2D eigenvalue weighted by molar-refractivity contribution is -0.116. The molecular weight excluding hydrogens is 348 g/mol. The fourth-order valence-electron chi connectivity index (χ4n) is 2.99. The van der Waals surface area contributed by atoms with E-state index in [1.807, 2.05) is 0 Å². The molecule has 3 rings (SSSR count). The van der Waals surface area contributed by atoms with Crippen molar-refractivity contribution in [1.82, 2.24) is 4.90 Å². The molecule has 7 heteroatoms. The van der Waals surface area contributed by atoms with Crippen LogP contribution in [0.15, 0.2) is 48.5 Å². The molecule has 0 saturated carbocycles. The van der Waals surface area contributed by atoms with Crippen LogP contribution in [0.25, 0.3) is 0 Å². The third-order valence-corrected chi connectivity index (χ3v) is 4.35. The van der Waals surface area contributed by atoms with Crippen molar-refractivity contribution in [3.05, 3.63) is 65.2 Å². The molecule has 0 radical (unpaired) electrons. The number of fused-ring (bicyclic) bond motifs is 1. The number of aromatic carboxylic acids is 1. The molecule has 0 aromatic heterocycles. The largest absolute Gasteiger partial charge is 0.478 e. The Labute approximate surface area is 155 Å².